The molecule has 0 saturated heterocycles. The van der Waals surface area contributed by atoms with Crippen molar-refractivity contribution in [3.05, 3.63) is 0 Å². The van der Waals surface area contributed by atoms with E-state index in [9.17, 15) is 14.0 Å². The minimum absolute atomic E-state index is 0.180. The smallest absolute Gasteiger partial charge is 0.316 e. The Labute approximate surface area is 76.3 Å². The quantitative estimate of drug-likeness (QED) is 0.492. The second kappa shape index (κ2) is 4.35. The number of halogens is 1. The first-order chi connectivity index (χ1) is 6.19. The molecule has 2 unspecified atom stereocenters. The molecule has 0 aromatic heterocycles. The highest BCUT2D eigenvalue weighted by Gasteiger charge is 2.38. The first-order valence-corrected chi connectivity index (χ1v) is 4.44. The molecule has 0 radical (unpaired) electrons. The molecule has 2 atom stereocenters. The lowest BCUT2D eigenvalue weighted by Gasteiger charge is -2.06. The summed E-state index contributed by atoms with van der Waals surface area (Å²) in [6, 6.07) is 0. The third-order valence-corrected chi connectivity index (χ3v) is 2.24. The van der Waals surface area contributed by atoms with Gasteiger partial charge in [0.2, 0.25) is 0 Å². The molecule has 0 amide bonds. The second-order valence-corrected chi connectivity index (χ2v) is 3.23. The van der Waals surface area contributed by atoms with Crippen molar-refractivity contribution in [2.24, 2.45) is 11.8 Å². The SMILES string of the molecule is CCOC(=O)C1CC(CF)CC1=O. The zero-order valence-electron chi connectivity index (χ0n) is 7.59. The Balaban J connectivity index is 2.52. The monoisotopic (exact) mass is 188 g/mol. The Bertz CT molecular complexity index is 215. The summed E-state index contributed by atoms with van der Waals surface area (Å²) in [5.41, 5.74) is 0. The molecule has 0 heterocycles. The lowest BCUT2D eigenvalue weighted by molar-refractivity contribution is -0.150. The van der Waals surface area contributed by atoms with Crippen molar-refractivity contribution < 1.29 is 18.7 Å². The van der Waals surface area contributed by atoms with Gasteiger partial charge in [0.05, 0.1) is 13.3 Å². The van der Waals surface area contributed by atoms with Crippen molar-refractivity contribution in [3.63, 3.8) is 0 Å². The normalized spacial score (nSPS) is 27.7. The van der Waals surface area contributed by atoms with E-state index in [4.69, 9.17) is 4.74 Å². The van der Waals surface area contributed by atoms with Gasteiger partial charge in [-0.2, -0.15) is 0 Å². The molecule has 1 fully saturated rings. The minimum Gasteiger partial charge on any atom is -0.465 e. The molecule has 74 valence electrons. The summed E-state index contributed by atoms with van der Waals surface area (Å²) in [7, 11) is 0. The van der Waals surface area contributed by atoms with Gasteiger partial charge < -0.3 is 4.74 Å². The molecular formula is C9H13FO3. The first-order valence-electron chi connectivity index (χ1n) is 4.44. The van der Waals surface area contributed by atoms with Crippen LogP contribution in [0.3, 0.4) is 0 Å². The third kappa shape index (κ3) is 2.26. The van der Waals surface area contributed by atoms with Gasteiger partial charge in [0.15, 0.2) is 0 Å². The van der Waals surface area contributed by atoms with Crippen LogP contribution in [-0.4, -0.2) is 25.0 Å². The van der Waals surface area contributed by atoms with Crippen LogP contribution in [-0.2, 0) is 14.3 Å². The molecular weight excluding hydrogens is 175 g/mol. The maximum absolute atomic E-state index is 12.2. The highest BCUT2D eigenvalue weighted by molar-refractivity contribution is 6.00. The fraction of sp³-hybridized carbons (Fsp3) is 0.778. The first kappa shape index (κ1) is 10.2. The number of carbonyl (C=O) groups excluding carboxylic acids is 2. The van der Waals surface area contributed by atoms with Crippen LogP contribution in [0.5, 0.6) is 0 Å². The summed E-state index contributed by atoms with van der Waals surface area (Å²) in [5, 5.41) is 0. The largest absolute Gasteiger partial charge is 0.465 e. The molecule has 3 nitrogen and oxygen atoms in total. The van der Waals surface area contributed by atoms with Crippen molar-refractivity contribution in [3.8, 4) is 0 Å². The number of rotatable bonds is 3. The molecule has 0 aromatic rings. The molecule has 1 aliphatic rings. The number of ether oxygens (including phenoxy) is 1. The van der Waals surface area contributed by atoms with Gasteiger partial charge in [-0.15, -0.1) is 0 Å². The summed E-state index contributed by atoms with van der Waals surface area (Å²) < 4.78 is 16.9. The lowest BCUT2D eigenvalue weighted by Crippen LogP contribution is -2.21. The van der Waals surface area contributed by atoms with E-state index < -0.39 is 18.6 Å². The topological polar surface area (TPSA) is 43.4 Å². The third-order valence-electron chi connectivity index (χ3n) is 2.24. The van der Waals surface area contributed by atoms with Crippen molar-refractivity contribution in [1.82, 2.24) is 0 Å². The van der Waals surface area contributed by atoms with Gasteiger partial charge in [-0.1, -0.05) is 0 Å². The number of hydrogen-bond donors (Lipinski definition) is 0. The van der Waals surface area contributed by atoms with Crippen LogP contribution in [0.1, 0.15) is 19.8 Å². The molecule has 1 saturated carbocycles. The average molecular weight is 188 g/mol. The Kier molecular flexibility index (Phi) is 3.39. The Morgan fingerprint density at radius 3 is 2.85 bits per heavy atom. The van der Waals surface area contributed by atoms with Crippen LogP contribution in [0.25, 0.3) is 0 Å². The van der Waals surface area contributed by atoms with Gasteiger partial charge in [-0.25, -0.2) is 0 Å². The van der Waals surface area contributed by atoms with Gasteiger partial charge in [-0.05, 0) is 19.3 Å². The summed E-state index contributed by atoms with van der Waals surface area (Å²) in [5.74, 6) is -1.66. The van der Waals surface area contributed by atoms with Crippen LogP contribution < -0.4 is 0 Å². The molecule has 0 bridgehead atoms. The van der Waals surface area contributed by atoms with Gasteiger partial charge in [0, 0.05) is 6.42 Å². The summed E-state index contributed by atoms with van der Waals surface area (Å²) in [6.45, 7) is 1.43. The number of alkyl halides is 1. The van der Waals surface area contributed by atoms with Crippen molar-refractivity contribution in [2.75, 3.05) is 13.3 Å². The van der Waals surface area contributed by atoms with Crippen LogP contribution >= 0.6 is 0 Å². The number of carbonyl (C=O) groups is 2. The van der Waals surface area contributed by atoms with Crippen molar-refractivity contribution in [1.29, 1.82) is 0 Å². The van der Waals surface area contributed by atoms with E-state index in [-0.39, 0.29) is 24.7 Å². The summed E-state index contributed by atoms with van der Waals surface area (Å²) >= 11 is 0. The Morgan fingerprint density at radius 2 is 2.38 bits per heavy atom. The van der Waals surface area contributed by atoms with E-state index in [0.717, 1.165) is 0 Å². The fourth-order valence-corrected chi connectivity index (χ4v) is 1.56. The van der Waals surface area contributed by atoms with E-state index in [2.05, 4.69) is 0 Å². The maximum atomic E-state index is 12.2. The molecule has 0 spiro atoms. The molecule has 1 rings (SSSR count). The Hall–Kier alpha value is -0.930. The highest BCUT2D eigenvalue weighted by atomic mass is 19.1. The van der Waals surface area contributed by atoms with Crippen molar-refractivity contribution in [2.45, 2.75) is 19.8 Å². The van der Waals surface area contributed by atoms with E-state index in [1.54, 1.807) is 6.92 Å². The van der Waals surface area contributed by atoms with Crippen LogP contribution in [0.15, 0.2) is 0 Å². The van der Waals surface area contributed by atoms with Crippen LogP contribution in [0, 0.1) is 11.8 Å². The summed E-state index contributed by atoms with van der Waals surface area (Å²) in [6.07, 6.45) is 0.494. The van der Waals surface area contributed by atoms with E-state index in [1.165, 1.54) is 0 Å². The number of ketones is 1. The molecule has 0 aliphatic heterocycles. The highest BCUT2D eigenvalue weighted by Crippen LogP contribution is 2.28. The van der Waals surface area contributed by atoms with E-state index in [1.807, 2.05) is 0 Å². The molecule has 0 N–H and O–H groups in total. The van der Waals surface area contributed by atoms with Crippen LogP contribution in [0.2, 0.25) is 0 Å². The molecule has 13 heavy (non-hydrogen) atoms. The van der Waals surface area contributed by atoms with Gasteiger partial charge >= 0.3 is 5.97 Å². The van der Waals surface area contributed by atoms with Gasteiger partial charge in [0.1, 0.15) is 11.7 Å². The maximum Gasteiger partial charge on any atom is 0.316 e. The van der Waals surface area contributed by atoms with Gasteiger partial charge in [-0.3, -0.25) is 14.0 Å². The zero-order valence-corrected chi connectivity index (χ0v) is 7.59. The predicted molar refractivity (Wildman–Crippen MR) is 43.8 cm³/mol. The zero-order chi connectivity index (χ0) is 9.84. The fourth-order valence-electron chi connectivity index (χ4n) is 1.56. The number of Topliss-reactive ketones (excluding diaryl/α,β-unsaturated/α-hetero) is 1. The second-order valence-electron chi connectivity index (χ2n) is 3.23. The predicted octanol–water partition coefficient (Wildman–Crippen LogP) is 1.11. The summed E-state index contributed by atoms with van der Waals surface area (Å²) in [4.78, 5) is 22.3. The Morgan fingerprint density at radius 1 is 1.69 bits per heavy atom. The molecule has 0 aromatic carbocycles. The minimum atomic E-state index is -0.708. The lowest BCUT2D eigenvalue weighted by atomic mass is 10.1. The van der Waals surface area contributed by atoms with E-state index in [0.29, 0.717) is 6.42 Å². The average Bonchev–Trinajstić information content (AvgIpc) is 2.47. The number of hydrogen-bond acceptors (Lipinski definition) is 3. The molecule has 4 heteroatoms. The van der Waals surface area contributed by atoms with Crippen molar-refractivity contribution >= 4 is 11.8 Å². The van der Waals surface area contributed by atoms with Gasteiger partial charge in [0.25, 0.3) is 0 Å². The van der Waals surface area contributed by atoms with Crippen LogP contribution in [0.4, 0.5) is 4.39 Å². The van der Waals surface area contributed by atoms with E-state index >= 15 is 0 Å². The number of esters is 1. The standard InChI is InChI=1S/C9H13FO3/c1-2-13-9(12)7-3-6(5-10)4-8(7)11/h6-7H,2-5H2,1H3. The molecule has 1 aliphatic carbocycles.